The molecule has 6 heteroatoms. The summed E-state index contributed by atoms with van der Waals surface area (Å²) in [5.74, 6) is -0.205. The summed E-state index contributed by atoms with van der Waals surface area (Å²) in [7, 11) is 0. The van der Waals surface area contributed by atoms with Gasteiger partial charge in [0, 0.05) is 18.5 Å². The quantitative estimate of drug-likeness (QED) is 0.619. The number of hydrogen-bond donors (Lipinski definition) is 2. The third-order valence-electron chi connectivity index (χ3n) is 1.43. The van der Waals surface area contributed by atoms with Crippen LogP contribution < -0.4 is 11.1 Å². The van der Waals surface area contributed by atoms with E-state index in [-0.39, 0.29) is 25.5 Å². The van der Waals surface area contributed by atoms with Crippen LogP contribution in [0.2, 0.25) is 0 Å². The topological polar surface area (TPSA) is 64.4 Å². The van der Waals surface area contributed by atoms with Gasteiger partial charge in [0.1, 0.15) is 6.61 Å². The number of carbonyl (C=O) groups excluding carboxylic acids is 1. The first-order valence-electron chi connectivity index (χ1n) is 4.73. The maximum absolute atomic E-state index is 11.6. The summed E-state index contributed by atoms with van der Waals surface area (Å²) in [6, 6.07) is 0. The molecule has 15 heavy (non-hydrogen) atoms. The van der Waals surface area contributed by atoms with Crippen molar-refractivity contribution in [3.63, 3.8) is 0 Å². The molecule has 4 nitrogen and oxygen atoms in total. The van der Waals surface area contributed by atoms with E-state index < -0.39 is 18.6 Å². The zero-order valence-corrected chi connectivity index (χ0v) is 9.06. The fraction of sp³-hybridized carbons (Fsp3) is 0.889. The molecule has 0 aliphatic carbocycles. The maximum atomic E-state index is 11.6. The van der Waals surface area contributed by atoms with Gasteiger partial charge < -0.3 is 15.8 Å². The Morgan fingerprint density at radius 2 is 2.13 bits per heavy atom. The van der Waals surface area contributed by atoms with Crippen LogP contribution in [0.5, 0.6) is 0 Å². The first kappa shape index (κ1) is 14.2. The Hall–Kier alpha value is -0.750. The van der Waals surface area contributed by atoms with Crippen LogP contribution in [-0.4, -0.2) is 37.6 Å². The summed E-state index contributed by atoms with van der Waals surface area (Å²) in [5.41, 5.74) is 5.05. The third-order valence-corrected chi connectivity index (χ3v) is 1.43. The van der Waals surface area contributed by atoms with Gasteiger partial charge >= 0.3 is 0 Å². The van der Waals surface area contributed by atoms with E-state index in [1.165, 1.54) is 0 Å². The summed E-state index contributed by atoms with van der Waals surface area (Å²) in [6.45, 7) is 3.18. The summed E-state index contributed by atoms with van der Waals surface area (Å²) in [5, 5.41) is 2.52. The smallest absolute Gasteiger partial charge is 0.261 e. The highest BCUT2D eigenvalue weighted by Crippen LogP contribution is 2.02. The van der Waals surface area contributed by atoms with Crippen LogP contribution in [0.4, 0.5) is 8.78 Å². The Morgan fingerprint density at radius 1 is 1.53 bits per heavy atom. The number of halogens is 2. The summed E-state index contributed by atoms with van der Waals surface area (Å²) in [6.07, 6.45) is -2.27. The molecule has 3 N–H and O–H groups in total. The summed E-state index contributed by atoms with van der Waals surface area (Å²) in [4.78, 5) is 11.2. The SMILES string of the molecule is CC(C)(N)CC(=O)NCCOCC(F)F. The van der Waals surface area contributed by atoms with Gasteiger partial charge in [-0.2, -0.15) is 0 Å². The van der Waals surface area contributed by atoms with Crippen molar-refractivity contribution >= 4 is 5.91 Å². The fourth-order valence-electron chi connectivity index (χ4n) is 0.911. The van der Waals surface area contributed by atoms with E-state index in [0.717, 1.165) is 0 Å². The molecule has 0 rings (SSSR count). The van der Waals surface area contributed by atoms with Gasteiger partial charge in [-0.15, -0.1) is 0 Å². The second-order valence-corrected chi connectivity index (χ2v) is 3.98. The van der Waals surface area contributed by atoms with Gasteiger partial charge in [0.15, 0.2) is 0 Å². The molecule has 0 fully saturated rings. The number of amides is 1. The largest absolute Gasteiger partial charge is 0.374 e. The first-order valence-corrected chi connectivity index (χ1v) is 4.73. The van der Waals surface area contributed by atoms with Gasteiger partial charge in [-0.3, -0.25) is 4.79 Å². The third kappa shape index (κ3) is 11.2. The van der Waals surface area contributed by atoms with Gasteiger partial charge in [-0.1, -0.05) is 0 Å². The predicted molar refractivity (Wildman–Crippen MR) is 52.7 cm³/mol. The molecule has 0 radical (unpaired) electrons. The minimum Gasteiger partial charge on any atom is -0.374 e. The minimum absolute atomic E-state index is 0.0844. The van der Waals surface area contributed by atoms with Crippen LogP contribution in [0.25, 0.3) is 0 Å². The van der Waals surface area contributed by atoms with E-state index in [9.17, 15) is 13.6 Å². The molecule has 0 aromatic heterocycles. The average Bonchev–Trinajstić information content (AvgIpc) is 1.99. The van der Waals surface area contributed by atoms with E-state index in [1.54, 1.807) is 13.8 Å². The molecule has 90 valence electrons. The summed E-state index contributed by atoms with van der Waals surface area (Å²) < 4.78 is 27.8. The van der Waals surface area contributed by atoms with Crippen molar-refractivity contribution in [3.05, 3.63) is 0 Å². The van der Waals surface area contributed by atoms with E-state index in [4.69, 9.17) is 5.73 Å². The van der Waals surface area contributed by atoms with Crippen molar-refractivity contribution in [2.45, 2.75) is 32.2 Å². The van der Waals surface area contributed by atoms with Gasteiger partial charge in [-0.05, 0) is 13.8 Å². The highest BCUT2D eigenvalue weighted by atomic mass is 19.3. The van der Waals surface area contributed by atoms with Crippen LogP contribution in [0, 0.1) is 0 Å². The number of nitrogens with two attached hydrogens (primary N) is 1. The molecule has 0 aromatic carbocycles. The lowest BCUT2D eigenvalue weighted by Crippen LogP contribution is -2.39. The number of alkyl halides is 2. The van der Waals surface area contributed by atoms with Gasteiger partial charge in [0.05, 0.1) is 6.61 Å². The maximum Gasteiger partial charge on any atom is 0.261 e. The number of nitrogens with one attached hydrogen (secondary N) is 1. The molecule has 1 amide bonds. The van der Waals surface area contributed by atoms with Crippen LogP contribution >= 0.6 is 0 Å². The van der Waals surface area contributed by atoms with E-state index in [2.05, 4.69) is 10.1 Å². The molecule has 0 aliphatic heterocycles. The van der Waals surface area contributed by atoms with Gasteiger partial charge in [-0.25, -0.2) is 8.78 Å². The highest BCUT2D eigenvalue weighted by Gasteiger charge is 2.15. The lowest BCUT2D eigenvalue weighted by atomic mass is 10.0. The molecule has 0 saturated carbocycles. The standard InChI is InChI=1S/C9H18F2N2O2/c1-9(2,12)5-8(14)13-3-4-15-6-7(10)11/h7H,3-6,12H2,1-2H3,(H,13,14). The zero-order valence-electron chi connectivity index (χ0n) is 9.06. The summed E-state index contributed by atoms with van der Waals surface area (Å²) >= 11 is 0. The molecular formula is C9H18F2N2O2. The van der Waals surface area contributed by atoms with Crippen molar-refractivity contribution in [1.82, 2.24) is 5.32 Å². The number of ether oxygens (including phenoxy) is 1. The van der Waals surface area contributed by atoms with E-state index in [0.29, 0.717) is 0 Å². The fourth-order valence-corrected chi connectivity index (χ4v) is 0.911. The number of hydrogen-bond acceptors (Lipinski definition) is 3. The Morgan fingerprint density at radius 3 is 2.60 bits per heavy atom. The highest BCUT2D eigenvalue weighted by molar-refractivity contribution is 5.76. The van der Waals surface area contributed by atoms with E-state index in [1.807, 2.05) is 0 Å². The second kappa shape index (κ2) is 6.68. The number of carbonyl (C=O) groups is 1. The van der Waals surface area contributed by atoms with Crippen molar-refractivity contribution in [1.29, 1.82) is 0 Å². The second-order valence-electron chi connectivity index (χ2n) is 3.98. The first-order chi connectivity index (χ1) is 6.81. The normalized spacial score (nSPS) is 11.9. The zero-order chi connectivity index (χ0) is 11.9. The Kier molecular flexibility index (Phi) is 6.35. The molecule has 0 saturated heterocycles. The average molecular weight is 224 g/mol. The Labute approximate surface area is 88.2 Å². The molecule has 0 aromatic rings. The molecule has 0 heterocycles. The molecule has 0 aliphatic rings. The van der Waals surface area contributed by atoms with Crippen LogP contribution in [-0.2, 0) is 9.53 Å². The molecular weight excluding hydrogens is 206 g/mol. The minimum atomic E-state index is -2.47. The lowest BCUT2D eigenvalue weighted by Gasteiger charge is -2.17. The lowest BCUT2D eigenvalue weighted by molar-refractivity contribution is -0.122. The van der Waals surface area contributed by atoms with Gasteiger partial charge in [0.2, 0.25) is 5.91 Å². The van der Waals surface area contributed by atoms with Gasteiger partial charge in [0.25, 0.3) is 6.43 Å². The molecule has 0 spiro atoms. The van der Waals surface area contributed by atoms with Crippen molar-refractivity contribution in [2.75, 3.05) is 19.8 Å². The Bertz CT molecular complexity index is 193. The van der Waals surface area contributed by atoms with Crippen LogP contribution in [0.1, 0.15) is 20.3 Å². The molecule has 0 unspecified atom stereocenters. The van der Waals surface area contributed by atoms with Crippen molar-refractivity contribution < 1.29 is 18.3 Å². The van der Waals surface area contributed by atoms with Crippen LogP contribution in [0.15, 0.2) is 0 Å². The van der Waals surface area contributed by atoms with Crippen molar-refractivity contribution in [2.24, 2.45) is 5.73 Å². The monoisotopic (exact) mass is 224 g/mol. The predicted octanol–water partition coefficient (Wildman–Crippen LogP) is 0.512. The number of rotatable bonds is 7. The van der Waals surface area contributed by atoms with Crippen molar-refractivity contribution in [3.8, 4) is 0 Å². The molecule has 0 bridgehead atoms. The molecule has 0 atom stereocenters. The van der Waals surface area contributed by atoms with Crippen LogP contribution in [0.3, 0.4) is 0 Å². The Balaban J connectivity index is 3.40. The van der Waals surface area contributed by atoms with E-state index >= 15 is 0 Å².